The van der Waals surface area contributed by atoms with Crippen LogP contribution in [-0.2, 0) is 16.0 Å². The van der Waals surface area contributed by atoms with Crippen molar-refractivity contribution < 1.29 is 9.59 Å². The second-order valence-corrected chi connectivity index (χ2v) is 5.25. The summed E-state index contributed by atoms with van der Waals surface area (Å²) in [6.45, 7) is 5.68. The molecule has 2 amide bonds. The summed E-state index contributed by atoms with van der Waals surface area (Å²) in [6.07, 6.45) is 2.97. The smallest absolute Gasteiger partial charge is 0.315 e. The lowest BCUT2D eigenvalue weighted by Crippen LogP contribution is -2.39. The molecule has 0 unspecified atom stereocenters. The minimum Gasteiger partial charge on any atom is -0.346 e. The number of hydrogen-bond acceptors (Lipinski definition) is 5. The van der Waals surface area contributed by atoms with E-state index in [1.54, 1.807) is 13.8 Å². The molecule has 0 radical (unpaired) electrons. The highest BCUT2D eigenvalue weighted by Crippen LogP contribution is 2.16. The molecule has 0 bridgehead atoms. The van der Waals surface area contributed by atoms with Gasteiger partial charge in [0.25, 0.3) is 0 Å². The van der Waals surface area contributed by atoms with Crippen LogP contribution in [0.3, 0.4) is 0 Å². The van der Waals surface area contributed by atoms with E-state index in [0.717, 1.165) is 24.3 Å². The number of aryl methyl sites for hydroxylation is 1. The molecule has 0 aliphatic carbocycles. The highest BCUT2D eigenvalue weighted by atomic mass is 32.1. The zero-order valence-electron chi connectivity index (χ0n) is 10.8. The molecule has 1 aromatic rings. The number of aromatic nitrogens is 2. The van der Waals surface area contributed by atoms with E-state index in [2.05, 4.69) is 27.8 Å². The van der Waals surface area contributed by atoms with Gasteiger partial charge in [0, 0.05) is 12.5 Å². The van der Waals surface area contributed by atoms with Gasteiger partial charge in [-0.05, 0) is 20.3 Å². The summed E-state index contributed by atoms with van der Waals surface area (Å²) in [6, 6.07) is -0.0715. The van der Waals surface area contributed by atoms with Gasteiger partial charge in [-0.1, -0.05) is 24.7 Å². The predicted octanol–water partition coefficient (Wildman–Crippen LogP) is 1.34. The molecule has 1 rings (SSSR count). The Balaban J connectivity index is 2.49. The van der Waals surface area contributed by atoms with Gasteiger partial charge in [-0.2, -0.15) is 0 Å². The number of anilines is 1. The van der Waals surface area contributed by atoms with Crippen LogP contribution >= 0.6 is 11.3 Å². The molecule has 0 aliphatic heterocycles. The van der Waals surface area contributed by atoms with Crippen LogP contribution in [0.15, 0.2) is 0 Å². The monoisotopic (exact) mass is 270 g/mol. The van der Waals surface area contributed by atoms with E-state index < -0.39 is 11.8 Å². The van der Waals surface area contributed by atoms with Crippen molar-refractivity contribution in [2.24, 2.45) is 0 Å². The highest BCUT2D eigenvalue weighted by Gasteiger charge is 2.16. The summed E-state index contributed by atoms with van der Waals surface area (Å²) < 4.78 is 0. The largest absolute Gasteiger partial charge is 0.346 e. The quantitative estimate of drug-likeness (QED) is 0.791. The van der Waals surface area contributed by atoms with Crippen molar-refractivity contribution in [2.45, 2.75) is 46.1 Å². The van der Waals surface area contributed by atoms with E-state index in [9.17, 15) is 9.59 Å². The number of rotatable bonds is 5. The first-order valence-corrected chi connectivity index (χ1v) is 6.78. The third-order valence-corrected chi connectivity index (χ3v) is 2.96. The Morgan fingerprint density at radius 2 is 2.00 bits per heavy atom. The molecule has 0 saturated carbocycles. The molecule has 0 spiro atoms. The Bertz CT molecular complexity index is 417. The number of amides is 2. The fourth-order valence-electron chi connectivity index (χ4n) is 1.21. The predicted molar refractivity (Wildman–Crippen MR) is 70.4 cm³/mol. The van der Waals surface area contributed by atoms with Crippen molar-refractivity contribution in [1.82, 2.24) is 15.5 Å². The van der Waals surface area contributed by atoms with Gasteiger partial charge >= 0.3 is 11.8 Å². The van der Waals surface area contributed by atoms with Gasteiger partial charge < -0.3 is 5.32 Å². The first-order chi connectivity index (χ1) is 8.52. The van der Waals surface area contributed by atoms with Crippen molar-refractivity contribution in [3.63, 3.8) is 0 Å². The van der Waals surface area contributed by atoms with Crippen molar-refractivity contribution in [3.05, 3.63) is 5.01 Å². The Morgan fingerprint density at radius 3 is 2.61 bits per heavy atom. The lowest BCUT2D eigenvalue weighted by atomic mass is 10.3. The van der Waals surface area contributed by atoms with Crippen molar-refractivity contribution in [2.75, 3.05) is 5.32 Å². The fraction of sp³-hybridized carbons (Fsp3) is 0.636. The van der Waals surface area contributed by atoms with E-state index in [4.69, 9.17) is 0 Å². The Morgan fingerprint density at radius 1 is 1.28 bits per heavy atom. The fourth-order valence-corrected chi connectivity index (χ4v) is 1.99. The molecule has 7 heteroatoms. The first kappa shape index (κ1) is 14.6. The van der Waals surface area contributed by atoms with Crippen LogP contribution in [0, 0.1) is 0 Å². The third kappa shape index (κ3) is 4.79. The SMILES string of the molecule is CCCCc1nnc(NC(=O)C(=O)NC(C)C)s1. The van der Waals surface area contributed by atoms with E-state index in [-0.39, 0.29) is 6.04 Å². The Kier molecular flexibility index (Phi) is 5.70. The van der Waals surface area contributed by atoms with Gasteiger partial charge in [-0.3, -0.25) is 14.9 Å². The molecule has 0 fully saturated rings. The molecule has 100 valence electrons. The molecule has 0 aromatic carbocycles. The molecule has 18 heavy (non-hydrogen) atoms. The summed E-state index contributed by atoms with van der Waals surface area (Å²) in [5.41, 5.74) is 0. The van der Waals surface area contributed by atoms with Crippen molar-refractivity contribution in [3.8, 4) is 0 Å². The molecule has 0 atom stereocenters. The molecule has 0 saturated heterocycles. The van der Waals surface area contributed by atoms with E-state index in [1.165, 1.54) is 11.3 Å². The second kappa shape index (κ2) is 7.05. The van der Waals surface area contributed by atoms with Crippen molar-refractivity contribution in [1.29, 1.82) is 0 Å². The summed E-state index contributed by atoms with van der Waals surface area (Å²) >= 11 is 1.30. The molecule has 6 nitrogen and oxygen atoms in total. The highest BCUT2D eigenvalue weighted by molar-refractivity contribution is 7.15. The van der Waals surface area contributed by atoms with Gasteiger partial charge in [0.1, 0.15) is 5.01 Å². The first-order valence-electron chi connectivity index (χ1n) is 5.97. The van der Waals surface area contributed by atoms with Gasteiger partial charge in [0.2, 0.25) is 5.13 Å². The second-order valence-electron chi connectivity index (χ2n) is 4.19. The molecular formula is C11H18N4O2S. The van der Waals surface area contributed by atoms with E-state index in [0.29, 0.717) is 5.13 Å². The molecule has 1 heterocycles. The zero-order valence-corrected chi connectivity index (χ0v) is 11.6. The van der Waals surface area contributed by atoms with Crippen LogP contribution in [0.4, 0.5) is 5.13 Å². The molecule has 1 aromatic heterocycles. The molecule has 0 aliphatic rings. The van der Waals surface area contributed by atoms with Gasteiger partial charge in [0.15, 0.2) is 0 Å². The summed E-state index contributed by atoms with van der Waals surface area (Å²) in [5, 5.41) is 14.0. The van der Waals surface area contributed by atoms with Crippen LogP contribution in [0.25, 0.3) is 0 Å². The van der Waals surface area contributed by atoms with Crippen LogP contribution in [0.5, 0.6) is 0 Å². The van der Waals surface area contributed by atoms with Crippen LogP contribution in [0.2, 0.25) is 0 Å². The lowest BCUT2D eigenvalue weighted by Gasteiger charge is -2.06. The third-order valence-electron chi connectivity index (χ3n) is 2.06. The van der Waals surface area contributed by atoms with Crippen LogP contribution in [0.1, 0.15) is 38.6 Å². The Labute approximate surface area is 110 Å². The Hall–Kier alpha value is -1.50. The van der Waals surface area contributed by atoms with Crippen LogP contribution < -0.4 is 10.6 Å². The zero-order chi connectivity index (χ0) is 13.5. The maximum Gasteiger partial charge on any atom is 0.315 e. The lowest BCUT2D eigenvalue weighted by molar-refractivity contribution is -0.136. The minimum atomic E-state index is -0.707. The average Bonchev–Trinajstić information content (AvgIpc) is 2.73. The van der Waals surface area contributed by atoms with Crippen LogP contribution in [-0.4, -0.2) is 28.1 Å². The van der Waals surface area contributed by atoms with E-state index in [1.807, 2.05) is 0 Å². The summed E-state index contributed by atoms with van der Waals surface area (Å²) in [4.78, 5) is 22.9. The van der Waals surface area contributed by atoms with E-state index >= 15 is 0 Å². The maximum atomic E-state index is 11.5. The van der Waals surface area contributed by atoms with Gasteiger partial charge in [0.05, 0.1) is 0 Å². The molecular weight excluding hydrogens is 252 g/mol. The summed E-state index contributed by atoms with van der Waals surface area (Å²) in [5.74, 6) is -1.36. The van der Waals surface area contributed by atoms with Gasteiger partial charge in [-0.25, -0.2) is 0 Å². The summed E-state index contributed by atoms with van der Waals surface area (Å²) in [7, 11) is 0. The minimum absolute atomic E-state index is 0.0715. The number of nitrogens with zero attached hydrogens (tertiary/aromatic N) is 2. The number of carbonyl (C=O) groups is 2. The topological polar surface area (TPSA) is 84.0 Å². The maximum absolute atomic E-state index is 11.5. The van der Waals surface area contributed by atoms with Crippen molar-refractivity contribution >= 4 is 28.3 Å². The normalized spacial score (nSPS) is 10.4. The number of nitrogens with one attached hydrogen (secondary N) is 2. The average molecular weight is 270 g/mol. The standard InChI is InChI=1S/C11H18N4O2S/c1-4-5-6-8-14-15-11(18-8)13-10(17)9(16)12-7(2)3/h7H,4-6H2,1-3H3,(H,12,16)(H,13,15,17). The van der Waals surface area contributed by atoms with Gasteiger partial charge in [-0.15, -0.1) is 10.2 Å². The number of hydrogen-bond donors (Lipinski definition) is 2. The number of carbonyl (C=O) groups excluding carboxylic acids is 2. The number of unbranched alkanes of at least 4 members (excludes halogenated alkanes) is 1. The molecule has 2 N–H and O–H groups in total.